The van der Waals surface area contributed by atoms with Crippen LogP contribution in [-0.2, 0) is 7.05 Å². The van der Waals surface area contributed by atoms with Gasteiger partial charge >= 0.3 is 0 Å². The molecule has 2 aromatic rings. The first-order chi connectivity index (χ1) is 7.58. The second kappa shape index (κ2) is 4.39. The third-order valence-corrected chi connectivity index (χ3v) is 3.26. The number of aromatic nitrogens is 2. The first kappa shape index (κ1) is 11.4. The fourth-order valence-corrected chi connectivity index (χ4v) is 2.40. The Balaban J connectivity index is 2.37. The summed E-state index contributed by atoms with van der Waals surface area (Å²) < 4.78 is 2.81. The molecule has 0 bridgehead atoms. The Hall–Kier alpha value is -1.13. The Morgan fingerprint density at radius 3 is 2.75 bits per heavy atom. The number of rotatable bonds is 2. The van der Waals surface area contributed by atoms with E-state index in [2.05, 4.69) is 46.2 Å². The molecule has 0 saturated heterocycles. The van der Waals surface area contributed by atoms with Crippen LogP contribution in [0.25, 0.3) is 0 Å². The van der Waals surface area contributed by atoms with Crippen molar-refractivity contribution >= 4 is 15.9 Å². The van der Waals surface area contributed by atoms with Crippen molar-refractivity contribution in [2.75, 3.05) is 0 Å². The van der Waals surface area contributed by atoms with Crippen LogP contribution in [0.4, 0.5) is 0 Å². The molecule has 16 heavy (non-hydrogen) atoms. The number of benzene rings is 1. The zero-order valence-corrected chi connectivity index (χ0v) is 10.9. The molecule has 0 radical (unpaired) electrons. The molecule has 0 aliphatic heterocycles. The Kier molecular flexibility index (Phi) is 3.12. The number of hydrogen-bond acceptors (Lipinski definition) is 2. The first-order valence-corrected chi connectivity index (χ1v) is 5.87. The van der Waals surface area contributed by atoms with Gasteiger partial charge in [0.2, 0.25) is 0 Å². The van der Waals surface area contributed by atoms with E-state index in [0.29, 0.717) is 0 Å². The van der Waals surface area contributed by atoms with E-state index in [1.807, 2.05) is 13.2 Å². The van der Waals surface area contributed by atoms with Gasteiger partial charge in [-0.2, -0.15) is 5.10 Å². The molecule has 1 aromatic carbocycles. The van der Waals surface area contributed by atoms with Gasteiger partial charge in [0.25, 0.3) is 0 Å². The molecule has 0 fully saturated rings. The summed E-state index contributed by atoms with van der Waals surface area (Å²) in [4.78, 5) is 0. The van der Waals surface area contributed by atoms with Gasteiger partial charge in [0, 0.05) is 23.3 Å². The van der Waals surface area contributed by atoms with Gasteiger partial charge in [0.15, 0.2) is 0 Å². The smallest absolute Gasteiger partial charge is 0.0594 e. The molecule has 2 rings (SSSR count). The van der Waals surface area contributed by atoms with E-state index in [1.54, 1.807) is 10.9 Å². The van der Waals surface area contributed by atoms with Gasteiger partial charge < -0.3 is 5.73 Å². The summed E-state index contributed by atoms with van der Waals surface area (Å²) in [7, 11) is 1.89. The van der Waals surface area contributed by atoms with E-state index < -0.39 is 0 Å². The monoisotopic (exact) mass is 279 g/mol. The molecule has 84 valence electrons. The third-order valence-electron chi connectivity index (χ3n) is 2.57. The largest absolute Gasteiger partial charge is 0.320 e. The lowest BCUT2D eigenvalue weighted by molar-refractivity contribution is 0.765. The Bertz CT molecular complexity index is 505. The minimum absolute atomic E-state index is 0.135. The summed E-state index contributed by atoms with van der Waals surface area (Å²) in [5.41, 5.74) is 9.52. The maximum atomic E-state index is 6.20. The lowest BCUT2D eigenvalue weighted by atomic mass is 10.0. The average Bonchev–Trinajstić information content (AvgIpc) is 2.64. The Morgan fingerprint density at radius 2 is 2.19 bits per heavy atom. The summed E-state index contributed by atoms with van der Waals surface area (Å²) in [6.07, 6.45) is 3.74. The summed E-state index contributed by atoms with van der Waals surface area (Å²) in [5.74, 6) is 0. The van der Waals surface area contributed by atoms with E-state index in [9.17, 15) is 0 Å². The summed E-state index contributed by atoms with van der Waals surface area (Å²) in [6.45, 7) is 2.06. The van der Waals surface area contributed by atoms with Crippen LogP contribution in [-0.4, -0.2) is 9.78 Å². The molecule has 4 heteroatoms. The van der Waals surface area contributed by atoms with E-state index in [-0.39, 0.29) is 6.04 Å². The number of nitrogens with two attached hydrogens (primary N) is 1. The molecule has 0 aliphatic carbocycles. The highest BCUT2D eigenvalue weighted by Gasteiger charge is 2.13. The SMILES string of the molecule is Cc1ccc(C(N)c2cnn(C)c2)c(Br)c1. The van der Waals surface area contributed by atoms with Gasteiger partial charge in [-0.25, -0.2) is 0 Å². The quantitative estimate of drug-likeness (QED) is 0.918. The van der Waals surface area contributed by atoms with Crippen LogP contribution in [0.5, 0.6) is 0 Å². The summed E-state index contributed by atoms with van der Waals surface area (Å²) in [6, 6.07) is 6.06. The lowest BCUT2D eigenvalue weighted by Gasteiger charge is -2.12. The van der Waals surface area contributed by atoms with Crippen LogP contribution in [0.3, 0.4) is 0 Å². The fraction of sp³-hybridized carbons (Fsp3) is 0.250. The summed E-state index contributed by atoms with van der Waals surface area (Å²) in [5, 5.41) is 4.13. The molecular formula is C12H14BrN3. The predicted octanol–water partition coefficient (Wildman–Crippen LogP) is 2.54. The highest BCUT2D eigenvalue weighted by molar-refractivity contribution is 9.10. The predicted molar refractivity (Wildman–Crippen MR) is 68.1 cm³/mol. The molecule has 1 aromatic heterocycles. The summed E-state index contributed by atoms with van der Waals surface area (Å²) >= 11 is 3.54. The second-order valence-corrected chi connectivity index (χ2v) is 4.80. The average molecular weight is 280 g/mol. The zero-order chi connectivity index (χ0) is 11.7. The Labute approximate surface area is 103 Å². The van der Waals surface area contributed by atoms with Gasteiger partial charge in [-0.1, -0.05) is 28.1 Å². The highest BCUT2D eigenvalue weighted by atomic mass is 79.9. The molecule has 2 N–H and O–H groups in total. The van der Waals surface area contributed by atoms with Gasteiger partial charge in [-0.3, -0.25) is 4.68 Å². The van der Waals surface area contributed by atoms with Crippen molar-refractivity contribution in [1.82, 2.24) is 9.78 Å². The van der Waals surface area contributed by atoms with Crippen LogP contribution in [0.15, 0.2) is 35.1 Å². The lowest BCUT2D eigenvalue weighted by Crippen LogP contribution is -2.11. The first-order valence-electron chi connectivity index (χ1n) is 5.08. The standard InChI is InChI=1S/C12H14BrN3/c1-8-3-4-10(11(13)5-8)12(14)9-6-15-16(2)7-9/h3-7,12H,14H2,1-2H3. The molecule has 0 amide bonds. The van der Waals surface area contributed by atoms with Crippen molar-refractivity contribution in [3.8, 4) is 0 Å². The van der Waals surface area contributed by atoms with Crippen molar-refractivity contribution in [1.29, 1.82) is 0 Å². The maximum Gasteiger partial charge on any atom is 0.0594 e. The molecule has 0 aliphatic rings. The molecule has 1 unspecified atom stereocenters. The third kappa shape index (κ3) is 2.18. The number of halogens is 1. The zero-order valence-electron chi connectivity index (χ0n) is 9.31. The highest BCUT2D eigenvalue weighted by Crippen LogP contribution is 2.27. The van der Waals surface area contributed by atoms with Crippen LogP contribution >= 0.6 is 15.9 Å². The molecule has 3 nitrogen and oxygen atoms in total. The van der Waals surface area contributed by atoms with E-state index in [1.165, 1.54) is 5.56 Å². The minimum atomic E-state index is -0.135. The number of hydrogen-bond donors (Lipinski definition) is 1. The maximum absolute atomic E-state index is 6.20. The van der Waals surface area contributed by atoms with Gasteiger partial charge in [0.05, 0.1) is 12.2 Å². The van der Waals surface area contributed by atoms with Crippen LogP contribution in [0, 0.1) is 6.92 Å². The van der Waals surface area contributed by atoms with Crippen molar-refractivity contribution in [2.45, 2.75) is 13.0 Å². The molecule has 0 spiro atoms. The topological polar surface area (TPSA) is 43.8 Å². The normalized spacial score (nSPS) is 12.8. The van der Waals surface area contributed by atoms with E-state index >= 15 is 0 Å². The fourth-order valence-electron chi connectivity index (χ4n) is 1.66. The molecular weight excluding hydrogens is 266 g/mol. The van der Waals surface area contributed by atoms with E-state index in [0.717, 1.165) is 15.6 Å². The second-order valence-electron chi connectivity index (χ2n) is 3.95. The van der Waals surface area contributed by atoms with Crippen molar-refractivity contribution in [3.05, 3.63) is 51.8 Å². The van der Waals surface area contributed by atoms with Crippen molar-refractivity contribution < 1.29 is 0 Å². The van der Waals surface area contributed by atoms with Crippen LogP contribution in [0.2, 0.25) is 0 Å². The van der Waals surface area contributed by atoms with Gasteiger partial charge in [-0.15, -0.1) is 0 Å². The molecule has 1 atom stereocenters. The van der Waals surface area contributed by atoms with Crippen molar-refractivity contribution in [2.24, 2.45) is 12.8 Å². The number of nitrogens with zero attached hydrogens (tertiary/aromatic N) is 2. The number of aryl methyl sites for hydroxylation is 2. The van der Waals surface area contributed by atoms with Gasteiger partial charge in [-0.05, 0) is 24.1 Å². The Morgan fingerprint density at radius 1 is 1.44 bits per heavy atom. The van der Waals surface area contributed by atoms with Crippen LogP contribution in [0.1, 0.15) is 22.7 Å². The van der Waals surface area contributed by atoms with E-state index in [4.69, 9.17) is 5.73 Å². The minimum Gasteiger partial charge on any atom is -0.320 e. The molecule has 0 saturated carbocycles. The van der Waals surface area contributed by atoms with Crippen LogP contribution < -0.4 is 5.73 Å². The van der Waals surface area contributed by atoms with Gasteiger partial charge in [0.1, 0.15) is 0 Å². The van der Waals surface area contributed by atoms with Crippen molar-refractivity contribution in [3.63, 3.8) is 0 Å². The molecule has 1 heterocycles.